The molecular formula is C16H15FN2O2. The number of nitrogens with two attached hydrogens (primary N) is 1. The standard InChI is InChI=1S/C16H15FN2O2/c1-10-5-16(13(17)7-14(10)19)21-9-11-3-4-12(8-18)15(6-11)20-2/h3-7H,9,19H2,1-2H3. The maximum atomic E-state index is 13.7. The lowest BCUT2D eigenvalue weighted by atomic mass is 10.1. The van der Waals surface area contributed by atoms with Crippen LogP contribution in [0.5, 0.6) is 11.5 Å². The molecule has 2 aromatic carbocycles. The molecular weight excluding hydrogens is 271 g/mol. The SMILES string of the molecule is COc1cc(COc2cc(C)c(N)cc2F)ccc1C#N. The van der Waals surface area contributed by atoms with Crippen LogP contribution in [0.15, 0.2) is 30.3 Å². The third-order valence-corrected chi connectivity index (χ3v) is 3.10. The molecule has 0 saturated heterocycles. The van der Waals surface area contributed by atoms with Gasteiger partial charge in [0.2, 0.25) is 0 Å². The van der Waals surface area contributed by atoms with E-state index in [0.717, 1.165) is 11.1 Å². The Morgan fingerprint density at radius 1 is 1.24 bits per heavy atom. The van der Waals surface area contributed by atoms with Crippen LogP contribution in [0.2, 0.25) is 0 Å². The largest absolute Gasteiger partial charge is 0.495 e. The summed E-state index contributed by atoms with van der Waals surface area (Å²) in [5, 5.41) is 8.92. The number of nitriles is 1. The van der Waals surface area contributed by atoms with Crippen molar-refractivity contribution in [1.29, 1.82) is 5.26 Å². The monoisotopic (exact) mass is 286 g/mol. The van der Waals surface area contributed by atoms with Crippen LogP contribution in [0.3, 0.4) is 0 Å². The zero-order chi connectivity index (χ0) is 15.4. The Hall–Kier alpha value is -2.74. The van der Waals surface area contributed by atoms with Crippen molar-refractivity contribution in [2.75, 3.05) is 12.8 Å². The highest BCUT2D eigenvalue weighted by atomic mass is 19.1. The molecule has 0 amide bonds. The number of rotatable bonds is 4. The molecule has 2 N–H and O–H groups in total. The van der Waals surface area contributed by atoms with Crippen LogP contribution in [-0.4, -0.2) is 7.11 Å². The van der Waals surface area contributed by atoms with Gasteiger partial charge in [0.15, 0.2) is 11.6 Å². The Bertz CT molecular complexity index is 708. The Kier molecular flexibility index (Phi) is 4.29. The first-order chi connectivity index (χ1) is 10.0. The number of nitrogen functional groups attached to an aromatic ring is 1. The molecule has 2 aromatic rings. The Morgan fingerprint density at radius 3 is 2.67 bits per heavy atom. The summed E-state index contributed by atoms with van der Waals surface area (Å²) in [4.78, 5) is 0. The summed E-state index contributed by atoms with van der Waals surface area (Å²) in [7, 11) is 1.49. The fourth-order valence-corrected chi connectivity index (χ4v) is 1.86. The summed E-state index contributed by atoms with van der Waals surface area (Å²) in [6.07, 6.45) is 0. The molecule has 0 bridgehead atoms. The Labute approximate surface area is 122 Å². The van der Waals surface area contributed by atoms with Gasteiger partial charge in [-0.25, -0.2) is 4.39 Å². The number of hydrogen-bond acceptors (Lipinski definition) is 4. The first kappa shape index (κ1) is 14.7. The summed E-state index contributed by atoms with van der Waals surface area (Å²) in [5.74, 6) is 0.108. The van der Waals surface area contributed by atoms with E-state index in [9.17, 15) is 4.39 Å². The molecule has 0 aliphatic rings. The highest BCUT2D eigenvalue weighted by Gasteiger charge is 2.08. The van der Waals surface area contributed by atoms with Crippen molar-refractivity contribution in [3.63, 3.8) is 0 Å². The predicted molar refractivity (Wildman–Crippen MR) is 77.6 cm³/mol. The van der Waals surface area contributed by atoms with E-state index in [4.69, 9.17) is 20.5 Å². The van der Waals surface area contributed by atoms with Crippen molar-refractivity contribution in [3.05, 3.63) is 52.8 Å². The van der Waals surface area contributed by atoms with E-state index in [1.807, 2.05) is 6.07 Å². The van der Waals surface area contributed by atoms with E-state index in [-0.39, 0.29) is 12.4 Å². The Balaban J connectivity index is 2.17. The van der Waals surface area contributed by atoms with Gasteiger partial charge in [0, 0.05) is 11.8 Å². The first-order valence-corrected chi connectivity index (χ1v) is 6.30. The second-order valence-corrected chi connectivity index (χ2v) is 4.57. The van der Waals surface area contributed by atoms with Gasteiger partial charge >= 0.3 is 0 Å². The van der Waals surface area contributed by atoms with E-state index < -0.39 is 5.82 Å². The summed E-state index contributed by atoms with van der Waals surface area (Å²) < 4.78 is 24.3. The number of methoxy groups -OCH3 is 1. The number of nitrogens with zero attached hydrogens (tertiary/aromatic N) is 1. The highest BCUT2D eigenvalue weighted by molar-refractivity contribution is 5.50. The molecule has 0 fully saturated rings. The molecule has 0 radical (unpaired) electrons. The average Bonchev–Trinajstić information content (AvgIpc) is 2.49. The van der Waals surface area contributed by atoms with E-state index in [1.54, 1.807) is 31.2 Å². The van der Waals surface area contributed by atoms with Crippen LogP contribution in [-0.2, 0) is 6.61 Å². The average molecular weight is 286 g/mol. The quantitative estimate of drug-likeness (QED) is 0.876. The van der Waals surface area contributed by atoms with Crippen molar-refractivity contribution >= 4 is 5.69 Å². The number of aryl methyl sites for hydroxylation is 1. The minimum Gasteiger partial charge on any atom is -0.495 e. The van der Waals surface area contributed by atoms with Gasteiger partial charge in [-0.1, -0.05) is 6.07 Å². The van der Waals surface area contributed by atoms with Gasteiger partial charge in [0.1, 0.15) is 18.4 Å². The van der Waals surface area contributed by atoms with Gasteiger partial charge in [-0.2, -0.15) is 5.26 Å². The second-order valence-electron chi connectivity index (χ2n) is 4.57. The van der Waals surface area contributed by atoms with Crippen LogP contribution in [0.25, 0.3) is 0 Å². The molecule has 5 heteroatoms. The normalized spacial score (nSPS) is 10.0. The van der Waals surface area contributed by atoms with Gasteiger partial charge in [-0.3, -0.25) is 0 Å². The number of halogens is 1. The fraction of sp³-hybridized carbons (Fsp3) is 0.188. The first-order valence-electron chi connectivity index (χ1n) is 6.30. The molecule has 0 heterocycles. The van der Waals surface area contributed by atoms with E-state index in [2.05, 4.69) is 0 Å². The van der Waals surface area contributed by atoms with Crippen LogP contribution in [0, 0.1) is 24.1 Å². The second kappa shape index (κ2) is 6.14. The topological polar surface area (TPSA) is 68.3 Å². The lowest BCUT2D eigenvalue weighted by molar-refractivity contribution is 0.289. The smallest absolute Gasteiger partial charge is 0.167 e. The third kappa shape index (κ3) is 3.23. The van der Waals surface area contributed by atoms with Crippen LogP contribution < -0.4 is 15.2 Å². The number of ether oxygens (including phenoxy) is 2. The van der Waals surface area contributed by atoms with Gasteiger partial charge in [0.05, 0.1) is 12.7 Å². The zero-order valence-corrected chi connectivity index (χ0v) is 11.8. The number of anilines is 1. The zero-order valence-electron chi connectivity index (χ0n) is 11.8. The molecule has 0 aliphatic heterocycles. The summed E-state index contributed by atoms with van der Waals surface area (Å²) in [5.41, 5.74) is 7.98. The third-order valence-electron chi connectivity index (χ3n) is 3.10. The van der Waals surface area contributed by atoms with Gasteiger partial charge < -0.3 is 15.2 Å². The molecule has 0 atom stereocenters. The van der Waals surface area contributed by atoms with Crippen molar-refractivity contribution in [1.82, 2.24) is 0 Å². The minimum absolute atomic E-state index is 0.144. The summed E-state index contributed by atoms with van der Waals surface area (Å²) in [6.45, 7) is 1.95. The van der Waals surface area contributed by atoms with E-state index >= 15 is 0 Å². The van der Waals surface area contributed by atoms with Gasteiger partial charge in [-0.05, 0) is 36.2 Å². The minimum atomic E-state index is -0.501. The van der Waals surface area contributed by atoms with Crippen molar-refractivity contribution in [2.45, 2.75) is 13.5 Å². The molecule has 21 heavy (non-hydrogen) atoms. The maximum absolute atomic E-state index is 13.7. The summed E-state index contributed by atoms with van der Waals surface area (Å²) in [6, 6.07) is 9.91. The van der Waals surface area contributed by atoms with Crippen molar-refractivity contribution in [3.8, 4) is 17.6 Å². The van der Waals surface area contributed by atoms with Crippen molar-refractivity contribution in [2.24, 2.45) is 0 Å². The van der Waals surface area contributed by atoms with Crippen molar-refractivity contribution < 1.29 is 13.9 Å². The fourth-order valence-electron chi connectivity index (χ4n) is 1.86. The molecule has 0 saturated carbocycles. The molecule has 0 aromatic heterocycles. The molecule has 108 valence electrons. The van der Waals surface area contributed by atoms with Crippen LogP contribution in [0.1, 0.15) is 16.7 Å². The lowest BCUT2D eigenvalue weighted by Gasteiger charge is -2.11. The lowest BCUT2D eigenvalue weighted by Crippen LogP contribution is -2.00. The number of benzene rings is 2. The summed E-state index contributed by atoms with van der Waals surface area (Å²) >= 11 is 0. The molecule has 0 aliphatic carbocycles. The van der Waals surface area contributed by atoms with Crippen LogP contribution in [0.4, 0.5) is 10.1 Å². The maximum Gasteiger partial charge on any atom is 0.167 e. The van der Waals surface area contributed by atoms with Gasteiger partial charge in [-0.15, -0.1) is 0 Å². The highest BCUT2D eigenvalue weighted by Crippen LogP contribution is 2.25. The van der Waals surface area contributed by atoms with E-state index in [0.29, 0.717) is 17.0 Å². The molecule has 0 unspecified atom stereocenters. The molecule has 4 nitrogen and oxygen atoms in total. The van der Waals surface area contributed by atoms with Crippen LogP contribution >= 0.6 is 0 Å². The number of hydrogen-bond donors (Lipinski definition) is 1. The molecule has 2 rings (SSSR count). The molecule has 0 spiro atoms. The predicted octanol–water partition coefficient (Wildman–Crippen LogP) is 3.18. The van der Waals surface area contributed by atoms with E-state index in [1.165, 1.54) is 13.2 Å². The van der Waals surface area contributed by atoms with Gasteiger partial charge in [0.25, 0.3) is 0 Å². The Morgan fingerprint density at radius 2 is 2.00 bits per heavy atom.